The van der Waals surface area contributed by atoms with Crippen LogP contribution in [0.15, 0.2) is 42.5 Å². The summed E-state index contributed by atoms with van der Waals surface area (Å²) in [4.78, 5) is 14.0. The van der Waals surface area contributed by atoms with E-state index in [0.29, 0.717) is 23.7 Å². The lowest BCUT2D eigenvalue weighted by atomic mass is 10.1. The lowest BCUT2D eigenvalue weighted by molar-refractivity contribution is -0.125. The Morgan fingerprint density at radius 3 is 2.82 bits per heavy atom. The number of para-hydroxylation sites is 1. The highest BCUT2D eigenvalue weighted by Gasteiger charge is 2.32. The number of ether oxygens (including phenoxy) is 2. The summed E-state index contributed by atoms with van der Waals surface area (Å²) < 4.78 is 24.4. The molecule has 2 aromatic rings. The fourth-order valence-corrected chi connectivity index (χ4v) is 2.55. The van der Waals surface area contributed by atoms with Crippen molar-refractivity contribution in [3.63, 3.8) is 0 Å². The number of carbonyl (C=O) groups excluding carboxylic acids is 1. The van der Waals surface area contributed by atoms with Crippen LogP contribution in [0, 0.1) is 5.82 Å². The molecule has 1 aliphatic rings. The normalized spacial score (nSPS) is 17.0. The van der Waals surface area contributed by atoms with Crippen LogP contribution in [0.2, 0.25) is 0 Å². The second-order valence-electron chi connectivity index (χ2n) is 5.11. The molecule has 0 aromatic heterocycles. The molecule has 22 heavy (non-hydrogen) atoms. The molecule has 1 unspecified atom stereocenters. The number of hydrogen-bond donors (Lipinski definition) is 0. The summed E-state index contributed by atoms with van der Waals surface area (Å²) in [6.07, 6.45) is -0.604. The third-order valence-corrected chi connectivity index (χ3v) is 3.65. The predicted molar refractivity (Wildman–Crippen MR) is 80.7 cm³/mol. The zero-order valence-electron chi connectivity index (χ0n) is 12.4. The van der Waals surface area contributed by atoms with E-state index in [1.165, 1.54) is 17.0 Å². The molecule has 114 valence electrons. The van der Waals surface area contributed by atoms with Crippen LogP contribution >= 0.6 is 0 Å². The highest BCUT2D eigenvalue weighted by Crippen LogP contribution is 2.36. The molecular weight excluding hydrogens is 285 g/mol. The van der Waals surface area contributed by atoms with Crippen LogP contribution in [0.3, 0.4) is 0 Å². The molecule has 5 heteroatoms. The third kappa shape index (κ3) is 2.50. The molecule has 0 N–H and O–H groups in total. The molecule has 0 spiro atoms. The Balaban J connectivity index is 2.02. The van der Waals surface area contributed by atoms with Gasteiger partial charge in [-0.2, -0.15) is 0 Å². The van der Waals surface area contributed by atoms with Gasteiger partial charge in [-0.15, -0.1) is 0 Å². The van der Waals surface area contributed by atoms with Crippen molar-refractivity contribution in [1.82, 2.24) is 0 Å². The Bertz CT molecular complexity index is 717. The van der Waals surface area contributed by atoms with E-state index in [2.05, 4.69) is 0 Å². The van der Waals surface area contributed by atoms with Gasteiger partial charge in [-0.05, 0) is 25.1 Å². The Hall–Kier alpha value is -2.56. The van der Waals surface area contributed by atoms with Crippen molar-refractivity contribution in [2.24, 2.45) is 0 Å². The predicted octanol–water partition coefficient (Wildman–Crippen LogP) is 3.15. The zero-order chi connectivity index (χ0) is 15.7. The minimum atomic E-state index is -0.604. The number of amides is 1. The molecule has 0 fully saturated rings. The summed E-state index contributed by atoms with van der Waals surface area (Å²) in [5.74, 6) is 0.578. The summed E-state index contributed by atoms with van der Waals surface area (Å²) in [5, 5.41) is 0. The van der Waals surface area contributed by atoms with E-state index in [1.54, 1.807) is 20.1 Å². The fraction of sp³-hybridized carbons (Fsp3) is 0.235. The topological polar surface area (TPSA) is 38.8 Å². The molecule has 0 saturated heterocycles. The van der Waals surface area contributed by atoms with Gasteiger partial charge in [0.15, 0.2) is 6.10 Å². The van der Waals surface area contributed by atoms with Crippen LogP contribution in [-0.4, -0.2) is 19.1 Å². The molecule has 1 heterocycles. The molecular formula is C17H16FNO3. The van der Waals surface area contributed by atoms with Crippen LogP contribution in [-0.2, 0) is 11.3 Å². The lowest BCUT2D eigenvalue weighted by Crippen LogP contribution is -2.44. The number of carbonyl (C=O) groups is 1. The van der Waals surface area contributed by atoms with Gasteiger partial charge in [0.25, 0.3) is 5.91 Å². The molecule has 4 nitrogen and oxygen atoms in total. The van der Waals surface area contributed by atoms with Crippen LogP contribution in [0.4, 0.5) is 10.1 Å². The van der Waals surface area contributed by atoms with Crippen molar-refractivity contribution < 1.29 is 18.7 Å². The molecule has 1 amide bonds. The Morgan fingerprint density at radius 1 is 1.27 bits per heavy atom. The first-order valence-electron chi connectivity index (χ1n) is 6.99. The molecule has 1 aliphatic heterocycles. The molecule has 2 aromatic carbocycles. The van der Waals surface area contributed by atoms with Gasteiger partial charge in [-0.3, -0.25) is 4.79 Å². The number of nitrogens with zero attached hydrogens (tertiary/aromatic N) is 1. The monoisotopic (exact) mass is 301 g/mol. The minimum absolute atomic E-state index is 0.205. The number of benzene rings is 2. The van der Waals surface area contributed by atoms with E-state index < -0.39 is 11.9 Å². The number of fused-ring (bicyclic) bond motifs is 1. The summed E-state index contributed by atoms with van der Waals surface area (Å²) >= 11 is 0. The lowest BCUT2D eigenvalue weighted by Gasteiger charge is -2.33. The van der Waals surface area contributed by atoms with Crippen molar-refractivity contribution in [2.45, 2.75) is 19.6 Å². The van der Waals surface area contributed by atoms with Gasteiger partial charge in [0.2, 0.25) is 0 Å². The van der Waals surface area contributed by atoms with E-state index in [0.717, 1.165) is 5.56 Å². The van der Waals surface area contributed by atoms with Crippen molar-refractivity contribution >= 4 is 11.6 Å². The molecule has 1 atom stereocenters. The summed E-state index contributed by atoms with van der Waals surface area (Å²) in [5.41, 5.74) is 1.29. The minimum Gasteiger partial charge on any atom is -0.496 e. The van der Waals surface area contributed by atoms with Crippen molar-refractivity contribution in [1.29, 1.82) is 0 Å². The number of methoxy groups -OCH3 is 1. The van der Waals surface area contributed by atoms with Crippen LogP contribution < -0.4 is 14.4 Å². The standard InChI is InChI=1S/C17H16FNO3/c1-11-17(20)19(10-12-5-3-4-6-15(12)21-2)14-9-13(18)7-8-16(14)22-11/h3-9,11H,10H2,1-2H3. The Morgan fingerprint density at radius 2 is 2.05 bits per heavy atom. The van der Waals surface area contributed by atoms with Gasteiger partial charge >= 0.3 is 0 Å². The van der Waals surface area contributed by atoms with Crippen LogP contribution in [0.1, 0.15) is 12.5 Å². The van der Waals surface area contributed by atoms with E-state index in [-0.39, 0.29) is 5.91 Å². The SMILES string of the molecule is COc1ccccc1CN1C(=O)C(C)Oc2ccc(F)cc21. The van der Waals surface area contributed by atoms with Crippen LogP contribution in [0.25, 0.3) is 0 Å². The van der Waals surface area contributed by atoms with E-state index in [9.17, 15) is 9.18 Å². The molecule has 0 saturated carbocycles. The van der Waals surface area contributed by atoms with Gasteiger partial charge < -0.3 is 14.4 Å². The highest BCUT2D eigenvalue weighted by molar-refractivity contribution is 5.99. The maximum Gasteiger partial charge on any atom is 0.268 e. The average Bonchev–Trinajstić information content (AvgIpc) is 2.53. The van der Waals surface area contributed by atoms with Gasteiger partial charge in [0.05, 0.1) is 19.3 Å². The highest BCUT2D eigenvalue weighted by atomic mass is 19.1. The van der Waals surface area contributed by atoms with E-state index >= 15 is 0 Å². The summed E-state index contributed by atoms with van der Waals surface area (Å²) in [7, 11) is 1.58. The second kappa shape index (κ2) is 5.67. The van der Waals surface area contributed by atoms with Crippen LogP contribution in [0.5, 0.6) is 11.5 Å². The van der Waals surface area contributed by atoms with Crippen molar-refractivity contribution in [3.05, 3.63) is 53.8 Å². The quantitative estimate of drug-likeness (QED) is 0.874. The molecule has 0 aliphatic carbocycles. The maximum absolute atomic E-state index is 13.6. The Labute approximate surface area is 128 Å². The number of anilines is 1. The molecule has 3 rings (SSSR count). The zero-order valence-corrected chi connectivity index (χ0v) is 12.4. The van der Waals surface area contributed by atoms with Gasteiger partial charge in [-0.25, -0.2) is 4.39 Å². The van der Waals surface area contributed by atoms with Gasteiger partial charge in [0.1, 0.15) is 17.3 Å². The molecule has 0 radical (unpaired) electrons. The number of halogens is 1. The van der Waals surface area contributed by atoms with Gasteiger partial charge in [-0.1, -0.05) is 18.2 Å². The van der Waals surface area contributed by atoms with E-state index in [4.69, 9.17) is 9.47 Å². The molecule has 0 bridgehead atoms. The maximum atomic E-state index is 13.6. The smallest absolute Gasteiger partial charge is 0.268 e. The van der Waals surface area contributed by atoms with Gasteiger partial charge in [0, 0.05) is 11.6 Å². The first-order chi connectivity index (χ1) is 10.6. The average molecular weight is 301 g/mol. The first-order valence-corrected chi connectivity index (χ1v) is 6.99. The number of hydrogen-bond acceptors (Lipinski definition) is 3. The van der Waals surface area contributed by atoms with E-state index in [1.807, 2.05) is 24.3 Å². The summed E-state index contributed by atoms with van der Waals surface area (Å²) in [6.45, 7) is 1.98. The first kappa shape index (κ1) is 14.4. The van der Waals surface area contributed by atoms with Crippen molar-refractivity contribution in [2.75, 3.05) is 12.0 Å². The third-order valence-electron chi connectivity index (χ3n) is 3.65. The number of rotatable bonds is 3. The van der Waals surface area contributed by atoms with Crippen molar-refractivity contribution in [3.8, 4) is 11.5 Å². The second-order valence-corrected chi connectivity index (χ2v) is 5.11. The Kier molecular flexibility index (Phi) is 3.71. The summed E-state index contributed by atoms with van der Waals surface area (Å²) in [6, 6.07) is 11.6. The largest absolute Gasteiger partial charge is 0.496 e. The fourth-order valence-electron chi connectivity index (χ4n) is 2.55.